The van der Waals surface area contributed by atoms with Crippen molar-refractivity contribution < 1.29 is 18.8 Å². The molecular weight excluding hydrogens is 476 g/mol. The Bertz CT molecular complexity index is 1500. The van der Waals surface area contributed by atoms with E-state index < -0.39 is 5.91 Å². The lowest BCUT2D eigenvalue weighted by molar-refractivity contribution is 0.101. The van der Waals surface area contributed by atoms with Crippen LogP contribution in [0.15, 0.2) is 95.5 Å². The van der Waals surface area contributed by atoms with E-state index >= 15 is 0 Å². The zero-order valence-electron chi connectivity index (χ0n) is 19.1. The lowest BCUT2D eigenvalue weighted by atomic mass is 10.1. The van der Waals surface area contributed by atoms with Crippen molar-refractivity contribution in [3.8, 4) is 28.3 Å². The molecule has 5 rings (SSSR count). The van der Waals surface area contributed by atoms with Gasteiger partial charge < -0.3 is 14.6 Å². The zero-order valence-corrected chi connectivity index (χ0v) is 19.9. The minimum Gasteiger partial charge on any atom is -0.497 e. The molecule has 178 valence electrons. The van der Waals surface area contributed by atoms with Crippen LogP contribution in [0.2, 0.25) is 0 Å². The van der Waals surface area contributed by atoms with Crippen LogP contribution >= 0.6 is 11.3 Å². The van der Waals surface area contributed by atoms with Gasteiger partial charge in [-0.1, -0.05) is 77.2 Å². The molecule has 8 nitrogen and oxygen atoms in total. The quantitative estimate of drug-likeness (QED) is 0.287. The number of benzene rings is 3. The number of amides is 2. The molecule has 0 unspecified atom stereocenters. The highest BCUT2D eigenvalue weighted by atomic mass is 32.1. The normalized spacial score (nSPS) is 10.6. The molecule has 0 bridgehead atoms. The molecule has 2 aromatic heterocycles. The Morgan fingerprint density at radius 2 is 1.50 bits per heavy atom. The molecule has 2 N–H and O–H groups in total. The van der Waals surface area contributed by atoms with Gasteiger partial charge in [0, 0.05) is 22.8 Å². The molecule has 0 aliphatic rings. The second-order valence-electron chi connectivity index (χ2n) is 7.64. The van der Waals surface area contributed by atoms with Crippen LogP contribution in [0.1, 0.15) is 20.8 Å². The Morgan fingerprint density at radius 1 is 0.833 bits per heavy atom. The zero-order chi connectivity index (χ0) is 24.9. The Hall–Kier alpha value is -4.76. The number of hydrogen-bond acceptors (Lipinski definition) is 7. The Morgan fingerprint density at radius 3 is 2.17 bits per heavy atom. The van der Waals surface area contributed by atoms with Crippen LogP contribution in [-0.4, -0.2) is 29.1 Å². The molecule has 36 heavy (non-hydrogen) atoms. The topological polar surface area (TPSA) is 106 Å². The number of nitrogens with zero attached hydrogens (tertiary/aromatic N) is 2. The van der Waals surface area contributed by atoms with Gasteiger partial charge in [0.25, 0.3) is 11.8 Å². The number of ether oxygens (including phenoxy) is 1. The molecule has 0 saturated heterocycles. The largest absolute Gasteiger partial charge is 0.497 e. The van der Waals surface area contributed by atoms with Gasteiger partial charge in [-0.3, -0.25) is 14.9 Å². The lowest BCUT2D eigenvalue weighted by Gasteiger charge is -2.06. The minimum absolute atomic E-state index is 0.120. The first kappa shape index (κ1) is 23.0. The number of aromatic nitrogens is 2. The van der Waals surface area contributed by atoms with Crippen molar-refractivity contribution in [2.45, 2.75) is 0 Å². The van der Waals surface area contributed by atoms with E-state index in [4.69, 9.17) is 9.26 Å². The summed E-state index contributed by atoms with van der Waals surface area (Å²) in [6.07, 6.45) is 0. The van der Waals surface area contributed by atoms with E-state index in [0.29, 0.717) is 32.9 Å². The van der Waals surface area contributed by atoms with Gasteiger partial charge in [0.2, 0.25) is 0 Å². The molecule has 5 aromatic rings. The van der Waals surface area contributed by atoms with Crippen LogP contribution in [0.4, 0.5) is 10.1 Å². The minimum atomic E-state index is -0.470. The first-order valence-corrected chi connectivity index (χ1v) is 11.8. The lowest BCUT2D eigenvalue weighted by Crippen LogP contribution is -2.11. The SMILES string of the molecule is COc1ccc(C(=O)Nc2sc(NC(=O)c3cc(-c4ccccc4)on3)nc2-c2ccccc2)cc1. The van der Waals surface area contributed by atoms with Gasteiger partial charge in [0.1, 0.15) is 16.4 Å². The summed E-state index contributed by atoms with van der Waals surface area (Å²) in [5.74, 6) is 0.364. The van der Waals surface area contributed by atoms with E-state index in [1.54, 1.807) is 37.4 Å². The summed E-state index contributed by atoms with van der Waals surface area (Å²) < 4.78 is 10.5. The van der Waals surface area contributed by atoms with Gasteiger partial charge in [0.05, 0.1) is 7.11 Å². The summed E-state index contributed by atoms with van der Waals surface area (Å²) in [4.78, 5) is 30.3. The van der Waals surface area contributed by atoms with Crippen molar-refractivity contribution in [2.24, 2.45) is 0 Å². The molecule has 0 fully saturated rings. The number of thiazole rings is 1. The van der Waals surface area contributed by atoms with Crippen molar-refractivity contribution in [2.75, 3.05) is 17.7 Å². The maximum absolute atomic E-state index is 12.9. The molecule has 0 spiro atoms. The van der Waals surface area contributed by atoms with E-state index in [1.807, 2.05) is 60.7 Å². The number of anilines is 2. The van der Waals surface area contributed by atoms with Crippen LogP contribution in [0.3, 0.4) is 0 Å². The van der Waals surface area contributed by atoms with E-state index in [9.17, 15) is 9.59 Å². The fraction of sp³-hybridized carbons (Fsp3) is 0.0370. The van der Waals surface area contributed by atoms with E-state index in [0.717, 1.165) is 22.5 Å². The molecule has 2 heterocycles. The maximum atomic E-state index is 12.9. The van der Waals surface area contributed by atoms with Crippen molar-refractivity contribution >= 4 is 33.3 Å². The van der Waals surface area contributed by atoms with E-state index in [1.165, 1.54) is 0 Å². The first-order chi connectivity index (χ1) is 17.6. The molecule has 0 atom stereocenters. The van der Waals surface area contributed by atoms with Gasteiger partial charge in [0.15, 0.2) is 16.6 Å². The Balaban J connectivity index is 1.39. The van der Waals surface area contributed by atoms with Crippen LogP contribution in [0, 0.1) is 0 Å². The third-order valence-corrected chi connectivity index (χ3v) is 6.16. The molecule has 0 aliphatic heterocycles. The molecule has 3 aromatic carbocycles. The second-order valence-corrected chi connectivity index (χ2v) is 8.64. The molecule has 0 saturated carbocycles. The number of rotatable bonds is 7. The third kappa shape index (κ3) is 5.01. The maximum Gasteiger partial charge on any atom is 0.279 e. The van der Waals surface area contributed by atoms with Gasteiger partial charge >= 0.3 is 0 Å². The highest BCUT2D eigenvalue weighted by Gasteiger charge is 2.20. The van der Waals surface area contributed by atoms with E-state index in [2.05, 4.69) is 20.8 Å². The summed E-state index contributed by atoms with van der Waals surface area (Å²) in [6, 6.07) is 27.1. The fourth-order valence-corrected chi connectivity index (χ4v) is 4.33. The van der Waals surface area contributed by atoms with Gasteiger partial charge in [-0.25, -0.2) is 4.98 Å². The molecule has 2 amide bonds. The first-order valence-electron chi connectivity index (χ1n) is 11.0. The highest BCUT2D eigenvalue weighted by molar-refractivity contribution is 7.20. The molecule has 0 radical (unpaired) electrons. The van der Waals surface area contributed by atoms with Crippen molar-refractivity contribution in [1.82, 2.24) is 10.1 Å². The van der Waals surface area contributed by atoms with Crippen molar-refractivity contribution in [1.29, 1.82) is 0 Å². The number of carbonyl (C=O) groups is 2. The van der Waals surface area contributed by atoms with Gasteiger partial charge in [-0.15, -0.1) is 0 Å². The monoisotopic (exact) mass is 496 g/mol. The summed E-state index contributed by atoms with van der Waals surface area (Å²) in [5, 5.41) is 10.4. The summed E-state index contributed by atoms with van der Waals surface area (Å²) >= 11 is 1.15. The van der Waals surface area contributed by atoms with Crippen LogP contribution in [-0.2, 0) is 0 Å². The van der Waals surface area contributed by atoms with Gasteiger partial charge in [-0.05, 0) is 24.3 Å². The summed E-state index contributed by atoms with van der Waals surface area (Å²) in [6.45, 7) is 0. The fourth-order valence-electron chi connectivity index (χ4n) is 3.45. The van der Waals surface area contributed by atoms with E-state index in [-0.39, 0.29) is 11.6 Å². The summed E-state index contributed by atoms with van der Waals surface area (Å²) in [7, 11) is 1.57. The predicted octanol–water partition coefficient (Wildman–Crippen LogP) is 5.98. The molecule has 9 heteroatoms. The average molecular weight is 497 g/mol. The predicted molar refractivity (Wildman–Crippen MR) is 138 cm³/mol. The third-order valence-electron chi connectivity index (χ3n) is 5.28. The van der Waals surface area contributed by atoms with Crippen molar-refractivity contribution in [3.63, 3.8) is 0 Å². The van der Waals surface area contributed by atoms with Gasteiger partial charge in [-0.2, -0.15) is 0 Å². The van der Waals surface area contributed by atoms with Crippen LogP contribution in [0.25, 0.3) is 22.6 Å². The summed E-state index contributed by atoms with van der Waals surface area (Å²) in [5.41, 5.74) is 2.74. The van der Waals surface area contributed by atoms with Crippen LogP contribution in [0.5, 0.6) is 5.75 Å². The highest BCUT2D eigenvalue weighted by Crippen LogP contribution is 2.36. The smallest absolute Gasteiger partial charge is 0.279 e. The number of nitrogens with one attached hydrogen (secondary N) is 2. The Kier molecular flexibility index (Phi) is 6.55. The van der Waals surface area contributed by atoms with Crippen LogP contribution < -0.4 is 15.4 Å². The number of methoxy groups -OCH3 is 1. The Labute approximate surface area is 210 Å². The molecule has 0 aliphatic carbocycles. The average Bonchev–Trinajstić information content (AvgIpc) is 3.57. The number of hydrogen-bond donors (Lipinski definition) is 2. The number of carbonyl (C=O) groups excluding carboxylic acids is 2. The molecular formula is C27H20N4O4S. The second kappa shape index (κ2) is 10.2. The standard InChI is InChI=1S/C27H20N4O4S/c1-34-20-14-12-19(13-15-20)24(32)29-26-23(18-10-6-3-7-11-18)28-27(36-26)30-25(33)21-16-22(35-31-21)17-8-4-2-5-9-17/h2-16H,1H3,(H,29,32)(H,28,30,33). The van der Waals surface area contributed by atoms with Crippen molar-refractivity contribution in [3.05, 3.63) is 102 Å².